The molecular weight excluding hydrogens is 398 g/mol. The first-order valence-electron chi connectivity index (χ1n) is 10.7. The summed E-state index contributed by atoms with van der Waals surface area (Å²) in [6.45, 7) is 7.20. The fourth-order valence-electron chi connectivity index (χ4n) is 3.57. The lowest BCUT2D eigenvalue weighted by Crippen LogP contribution is -2.34. The zero-order valence-corrected chi connectivity index (χ0v) is 19.2. The highest BCUT2D eigenvalue weighted by atomic mass is 32.2. The minimum atomic E-state index is -0.765. The summed E-state index contributed by atoms with van der Waals surface area (Å²) < 4.78 is 0. The Morgan fingerprint density at radius 2 is 2.10 bits per heavy atom. The maximum atomic E-state index is 12.2. The Labute approximate surface area is 184 Å². The number of amides is 1. The quantitative estimate of drug-likeness (QED) is 0.407. The van der Waals surface area contributed by atoms with Crippen LogP contribution in [0.3, 0.4) is 0 Å². The van der Waals surface area contributed by atoms with Gasteiger partial charge in [-0.3, -0.25) is 9.59 Å². The Morgan fingerprint density at radius 1 is 1.33 bits per heavy atom. The van der Waals surface area contributed by atoms with Crippen LogP contribution in [0.4, 0.5) is 0 Å². The van der Waals surface area contributed by atoms with E-state index in [0.717, 1.165) is 23.5 Å². The molecular formula is C24H35NO4S. The molecule has 1 aromatic rings. The van der Waals surface area contributed by atoms with Gasteiger partial charge in [-0.1, -0.05) is 57.2 Å². The number of carbonyl (C=O) groups is 2. The Kier molecular flexibility index (Phi) is 9.43. The van der Waals surface area contributed by atoms with Crippen LogP contribution in [0.1, 0.15) is 57.6 Å². The predicted octanol–water partition coefficient (Wildman–Crippen LogP) is 4.03. The Hall–Kier alpha value is -1.79. The first-order chi connectivity index (χ1) is 14.2. The first-order valence-corrected chi connectivity index (χ1v) is 11.9. The van der Waals surface area contributed by atoms with Crippen molar-refractivity contribution in [1.82, 2.24) is 4.90 Å². The molecule has 1 saturated heterocycles. The second kappa shape index (κ2) is 11.6. The second-order valence-electron chi connectivity index (χ2n) is 8.91. The summed E-state index contributed by atoms with van der Waals surface area (Å²) in [4.78, 5) is 24.6. The largest absolute Gasteiger partial charge is 0.481 e. The summed E-state index contributed by atoms with van der Waals surface area (Å²) in [5, 5.41) is 19.2. The number of benzene rings is 1. The maximum absolute atomic E-state index is 12.2. The Bertz CT molecular complexity index is 741. The van der Waals surface area contributed by atoms with E-state index in [-0.39, 0.29) is 23.8 Å². The molecule has 0 aliphatic carbocycles. The van der Waals surface area contributed by atoms with E-state index in [2.05, 4.69) is 32.9 Å². The van der Waals surface area contributed by atoms with Crippen LogP contribution in [0.5, 0.6) is 0 Å². The van der Waals surface area contributed by atoms with E-state index in [9.17, 15) is 14.7 Å². The van der Waals surface area contributed by atoms with Crippen molar-refractivity contribution < 1.29 is 19.8 Å². The zero-order valence-electron chi connectivity index (χ0n) is 18.3. The van der Waals surface area contributed by atoms with Gasteiger partial charge in [0.1, 0.15) is 0 Å². The number of hydrogen-bond acceptors (Lipinski definition) is 4. The molecule has 0 bridgehead atoms. The predicted molar refractivity (Wildman–Crippen MR) is 123 cm³/mol. The third-order valence-corrected chi connectivity index (χ3v) is 6.37. The molecule has 2 rings (SSSR count). The summed E-state index contributed by atoms with van der Waals surface area (Å²) in [6, 6.07) is 8.39. The zero-order chi connectivity index (χ0) is 22.1. The van der Waals surface area contributed by atoms with Gasteiger partial charge in [-0.2, -0.15) is 11.8 Å². The van der Waals surface area contributed by atoms with Gasteiger partial charge < -0.3 is 15.1 Å². The summed E-state index contributed by atoms with van der Waals surface area (Å²) in [7, 11) is 0. The molecule has 0 saturated carbocycles. The van der Waals surface area contributed by atoms with Gasteiger partial charge in [-0.05, 0) is 35.1 Å². The highest BCUT2D eigenvalue weighted by Gasteiger charge is 2.28. The van der Waals surface area contributed by atoms with Crippen molar-refractivity contribution in [3.8, 4) is 0 Å². The number of carbonyl (C=O) groups excluding carboxylic acids is 1. The summed E-state index contributed by atoms with van der Waals surface area (Å²) in [5.74, 6) is 0.987. The number of likely N-dealkylation sites (tertiary alicyclic amines) is 1. The molecule has 1 aliphatic heterocycles. The summed E-state index contributed by atoms with van der Waals surface area (Å²) in [6.07, 6.45) is 5.94. The molecule has 1 aromatic carbocycles. The number of aliphatic hydroxyl groups is 1. The van der Waals surface area contributed by atoms with Gasteiger partial charge in [0, 0.05) is 31.6 Å². The van der Waals surface area contributed by atoms with Crippen LogP contribution in [-0.2, 0) is 21.4 Å². The van der Waals surface area contributed by atoms with E-state index >= 15 is 0 Å². The molecule has 0 aromatic heterocycles. The van der Waals surface area contributed by atoms with Crippen LogP contribution < -0.4 is 0 Å². The fraction of sp³-hybridized carbons (Fsp3) is 0.583. The monoisotopic (exact) mass is 433 g/mol. The lowest BCUT2D eigenvalue weighted by atomic mass is 9.85. The lowest BCUT2D eigenvalue weighted by Gasteiger charge is -2.22. The van der Waals surface area contributed by atoms with Crippen LogP contribution >= 0.6 is 11.8 Å². The van der Waals surface area contributed by atoms with Gasteiger partial charge in [0.05, 0.1) is 12.1 Å². The normalized spacial score (nSPS) is 18.3. The van der Waals surface area contributed by atoms with Gasteiger partial charge in [0.15, 0.2) is 0 Å². The number of nitrogens with zero attached hydrogens (tertiary/aromatic N) is 1. The van der Waals surface area contributed by atoms with Gasteiger partial charge in [0.2, 0.25) is 5.91 Å². The molecule has 0 spiro atoms. The van der Waals surface area contributed by atoms with Crippen molar-refractivity contribution in [2.45, 2.75) is 70.4 Å². The Morgan fingerprint density at radius 3 is 2.80 bits per heavy atom. The maximum Gasteiger partial charge on any atom is 0.303 e. The molecule has 2 atom stereocenters. The fourth-order valence-corrected chi connectivity index (χ4v) is 4.45. The van der Waals surface area contributed by atoms with Crippen molar-refractivity contribution in [1.29, 1.82) is 0 Å². The molecule has 166 valence electrons. The lowest BCUT2D eigenvalue weighted by molar-refractivity contribution is -0.137. The van der Waals surface area contributed by atoms with Crippen LogP contribution in [-0.4, -0.2) is 57.2 Å². The number of aliphatic hydroxyl groups excluding tert-OH is 1. The van der Waals surface area contributed by atoms with Gasteiger partial charge in [0.25, 0.3) is 0 Å². The van der Waals surface area contributed by atoms with Crippen LogP contribution in [0.2, 0.25) is 0 Å². The Balaban J connectivity index is 1.83. The van der Waals surface area contributed by atoms with E-state index in [1.807, 2.05) is 29.2 Å². The topological polar surface area (TPSA) is 77.8 Å². The van der Waals surface area contributed by atoms with E-state index in [4.69, 9.17) is 5.11 Å². The highest BCUT2D eigenvalue weighted by Crippen LogP contribution is 2.24. The second-order valence-corrected chi connectivity index (χ2v) is 10.1. The van der Waals surface area contributed by atoms with E-state index < -0.39 is 12.1 Å². The number of carboxylic acids is 1. The summed E-state index contributed by atoms with van der Waals surface area (Å²) in [5.41, 5.74) is 2.44. The molecule has 1 amide bonds. The minimum Gasteiger partial charge on any atom is -0.481 e. The van der Waals surface area contributed by atoms with E-state index in [0.29, 0.717) is 25.8 Å². The van der Waals surface area contributed by atoms with Crippen molar-refractivity contribution >= 4 is 23.6 Å². The highest BCUT2D eigenvalue weighted by molar-refractivity contribution is 7.99. The van der Waals surface area contributed by atoms with Crippen LogP contribution in [0, 0.1) is 0 Å². The minimum absolute atomic E-state index is 0.0349. The van der Waals surface area contributed by atoms with Gasteiger partial charge in [-0.15, -0.1) is 0 Å². The molecule has 1 heterocycles. The number of rotatable bonds is 11. The average molecular weight is 434 g/mol. The molecule has 6 heteroatoms. The number of carboxylic acid groups (broad SMARTS) is 1. The molecule has 2 N–H and O–H groups in total. The van der Waals surface area contributed by atoms with Gasteiger partial charge >= 0.3 is 5.97 Å². The van der Waals surface area contributed by atoms with Crippen LogP contribution in [0.25, 0.3) is 0 Å². The molecule has 5 nitrogen and oxygen atoms in total. The summed E-state index contributed by atoms with van der Waals surface area (Å²) >= 11 is 1.68. The number of hydrogen-bond donors (Lipinski definition) is 2. The average Bonchev–Trinajstić information content (AvgIpc) is 3.02. The number of aliphatic carboxylic acids is 1. The van der Waals surface area contributed by atoms with Crippen molar-refractivity contribution in [2.24, 2.45) is 0 Å². The molecule has 0 unspecified atom stereocenters. The molecule has 1 aliphatic rings. The van der Waals surface area contributed by atoms with E-state index in [1.165, 1.54) is 5.56 Å². The van der Waals surface area contributed by atoms with E-state index in [1.54, 1.807) is 11.8 Å². The van der Waals surface area contributed by atoms with Crippen LogP contribution in [0.15, 0.2) is 36.4 Å². The molecule has 0 radical (unpaired) electrons. The van der Waals surface area contributed by atoms with Crippen molar-refractivity contribution in [2.75, 3.05) is 18.1 Å². The van der Waals surface area contributed by atoms with Crippen molar-refractivity contribution in [3.63, 3.8) is 0 Å². The van der Waals surface area contributed by atoms with Crippen molar-refractivity contribution in [3.05, 3.63) is 47.5 Å². The SMILES string of the molecule is CC(C)(C)c1cccc(C[C@H](O)/C=C/[C@H]2CCC(=O)N2CCSCCCC(=O)O)c1. The first kappa shape index (κ1) is 24.5. The number of thioether (sulfide) groups is 1. The standard InChI is InChI=1S/C24H35NO4S/c1-24(2,3)19-7-4-6-18(16-19)17-21(26)11-9-20-10-12-22(27)25(20)13-15-30-14-5-8-23(28)29/h4,6-7,9,11,16,20-21,26H,5,8,10,12-15,17H2,1-3H3,(H,28,29)/b11-9+/t20-,21+/m0/s1. The molecule has 30 heavy (non-hydrogen) atoms. The third kappa shape index (κ3) is 8.15. The smallest absolute Gasteiger partial charge is 0.303 e. The molecule has 1 fully saturated rings. The van der Waals surface area contributed by atoms with Gasteiger partial charge in [-0.25, -0.2) is 0 Å². The third-order valence-electron chi connectivity index (χ3n) is 5.32.